The number of hydrogen-bond acceptors (Lipinski definition) is 6. The number of aromatic nitrogens is 2. The molecule has 162 valence electrons. The molecule has 0 fully saturated rings. The summed E-state index contributed by atoms with van der Waals surface area (Å²) in [7, 11) is 3.04. The molecule has 32 heavy (non-hydrogen) atoms. The summed E-state index contributed by atoms with van der Waals surface area (Å²) in [6.45, 7) is 1.97. The van der Waals surface area contributed by atoms with E-state index in [-0.39, 0.29) is 12.4 Å². The zero-order valence-corrected chi connectivity index (χ0v) is 18.0. The molecule has 0 amide bonds. The first-order valence-corrected chi connectivity index (χ1v) is 10.1. The fraction of sp³-hybridized carbons (Fsp3) is 0.160. The van der Waals surface area contributed by atoms with Crippen molar-refractivity contribution < 1.29 is 23.8 Å². The smallest absolute Gasteiger partial charge is 0.340 e. The Kier molecular flexibility index (Phi) is 5.89. The molecule has 7 heteroatoms. The topological polar surface area (TPSA) is 79.1 Å². The molecule has 0 aliphatic heterocycles. The van der Waals surface area contributed by atoms with E-state index in [2.05, 4.69) is 4.98 Å². The van der Waals surface area contributed by atoms with Crippen molar-refractivity contribution in [1.29, 1.82) is 0 Å². The van der Waals surface area contributed by atoms with Crippen LogP contribution in [0.15, 0.2) is 67.0 Å². The van der Waals surface area contributed by atoms with Crippen molar-refractivity contribution in [3.63, 3.8) is 0 Å². The van der Waals surface area contributed by atoms with E-state index < -0.39 is 5.97 Å². The van der Waals surface area contributed by atoms with Gasteiger partial charge in [-0.15, -0.1) is 0 Å². The van der Waals surface area contributed by atoms with Gasteiger partial charge in [0.2, 0.25) is 5.78 Å². The van der Waals surface area contributed by atoms with Crippen molar-refractivity contribution in [2.24, 2.45) is 0 Å². The van der Waals surface area contributed by atoms with Gasteiger partial charge in [-0.25, -0.2) is 4.79 Å². The SMILES string of the molecule is CCOC(=O)c1cc(C(=O)c2ccc(OC)c(OC)c2)n2ccc(-c3ccccn3)cc12. The van der Waals surface area contributed by atoms with Crippen LogP contribution >= 0.6 is 0 Å². The third-order valence-electron chi connectivity index (χ3n) is 5.11. The van der Waals surface area contributed by atoms with Gasteiger partial charge in [0.25, 0.3) is 0 Å². The summed E-state index contributed by atoms with van der Waals surface area (Å²) < 4.78 is 17.5. The molecule has 0 saturated heterocycles. The lowest BCUT2D eigenvalue weighted by molar-refractivity contribution is 0.0529. The number of ketones is 1. The molecule has 7 nitrogen and oxygen atoms in total. The second-order valence-electron chi connectivity index (χ2n) is 6.95. The van der Waals surface area contributed by atoms with Crippen LogP contribution in [0.25, 0.3) is 16.8 Å². The lowest BCUT2D eigenvalue weighted by Crippen LogP contribution is -2.06. The number of pyridine rings is 2. The van der Waals surface area contributed by atoms with Crippen LogP contribution in [0.1, 0.15) is 33.3 Å². The maximum absolute atomic E-state index is 13.4. The van der Waals surface area contributed by atoms with Gasteiger partial charge in [0.15, 0.2) is 11.5 Å². The van der Waals surface area contributed by atoms with Gasteiger partial charge in [-0.05, 0) is 55.5 Å². The summed E-state index contributed by atoms with van der Waals surface area (Å²) in [5, 5.41) is 0. The van der Waals surface area contributed by atoms with Gasteiger partial charge in [0, 0.05) is 23.5 Å². The average molecular weight is 430 g/mol. The van der Waals surface area contributed by atoms with Gasteiger partial charge in [0.05, 0.1) is 43.3 Å². The minimum absolute atomic E-state index is 0.231. The van der Waals surface area contributed by atoms with E-state index in [4.69, 9.17) is 14.2 Å². The number of hydrogen-bond donors (Lipinski definition) is 0. The molecule has 0 N–H and O–H groups in total. The Morgan fingerprint density at radius 3 is 2.47 bits per heavy atom. The average Bonchev–Trinajstić information content (AvgIpc) is 3.22. The number of rotatable bonds is 7. The second-order valence-corrected chi connectivity index (χ2v) is 6.95. The number of ether oxygens (including phenoxy) is 3. The molecule has 0 atom stereocenters. The zero-order valence-electron chi connectivity index (χ0n) is 18.0. The van der Waals surface area contributed by atoms with Gasteiger partial charge in [0.1, 0.15) is 0 Å². The van der Waals surface area contributed by atoms with Crippen molar-refractivity contribution in [2.45, 2.75) is 6.92 Å². The number of methoxy groups -OCH3 is 2. The van der Waals surface area contributed by atoms with Crippen molar-refractivity contribution in [2.75, 3.05) is 20.8 Å². The summed E-state index contributed by atoms with van der Waals surface area (Å²) in [6, 6.07) is 15.8. The molecule has 1 aromatic carbocycles. The molecule has 4 rings (SSSR count). The van der Waals surface area contributed by atoms with Crippen LogP contribution in [0, 0.1) is 0 Å². The molecule has 0 saturated carbocycles. The molecule has 0 radical (unpaired) electrons. The summed E-state index contributed by atoms with van der Waals surface area (Å²) in [6.07, 6.45) is 3.46. The Balaban J connectivity index is 1.86. The largest absolute Gasteiger partial charge is 0.493 e. The number of esters is 1. The highest BCUT2D eigenvalue weighted by atomic mass is 16.5. The first kappa shape index (κ1) is 21.1. The molecule has 0 aliphatic rings. The highest BCUT2D eigenvalue weighted by Crippen LogP contribution is 2.30. The Morgan fingerprint density at radius 1 is 0.969 bits per heavy atom. The van der Waals surface area contributed by atoms with Crippen LogP contribution in [0.4, 0.5) is 0 Å². The predicted octanol–water partition coefficient (Wildman–Crippen LogP) is 4.43. The lowest BCUT2D eigenvalue weighted by atomic mass is 10.1. The van der Waals surface area contributed by atoms with Crippen LogP contribution in [0.5, 0.6) is 11.5 Å². The zero-order chi connectivity index (χ0) is 22.7. The summed E-state index contributed by atoms with van der Waals surface area (Å²) >= 11 is 0. The lowest BCUT2D eigenvalue weighted by Gasteiger charge is -2.09. The van der Waals surface area contributed by atoms with E-state index in [0.29, 0.717) is 33.8 Å². The van der Waals surface area contributed by atoms with Crippen molar-refractivity contribution in [3.05, 3.63) is 83.8 Å². The van der Waals surface area contributed by atoms with Gasteiger partial charge in [-0.2, -0.15) is 0 Å². The maximum atomic E-state index is 13.4. The first-order valence-electron chi connectivity index (χ1n) is 10.1. The number of carbonyl (C=O) groups is 2. The quantitative estimate of drug-likeness (QED) is 0.319. The predicted molar refractivity (Wildman–Crippen MR) is 120 cm³/mol. The molecular formula is C25H22N2O5. The van der Waals surface area contributed by atoms with Crippen LogP contribution < -0.4 is 9.47 Å². The molecule has 3 heterocycles. The van der Waals surface area contributed by atoms with E-state index in [1.165, 1.54) is 14.2 Å². The molecule has 4 aromatic rings. The molecular weight excluding hydrogens is 408 g/mol. The molecule has 0 aliphatic carbocycles. The fourth-order valence-corrected chi connectivity index (χ4v) is 3.56. The molecule has 3 aromatic heterocycles. The van der Waals surface area contributed by atoms with Crippen LogP contribution in [-0.2, 0) is 4.74 Å². The van der Waals surface area contributed by atoms with Crippen LogP contribution in [-0.4, -0.2) is 42.0 Å². The van der Waals surface area contributed by atoms with E-state index >= 15 is 0 Å². The minimum Gasteiger partial charge on any atom is -0.493 e. The van der Waals surface area contributed by atoms with Crippen LogP contribution in [0.2, 0.25) is 0 Å². The van der Waals surface area contributed by atoms with Crippen LogP contribution in [0.3, 0.4) is 0 Å². The van der Waals surface area contributed by atoms with E-state index in [1.54, 1.807) is 48.0 Å². The Morgan fingerprint density at radius 2 is 1.78 bits per heavy atom. The summed E-state index contributed by atoms with van der Waals surface area (Å²) in [5.41, 5.74) is 3.21. The summed E-state index contributed by atoms with van der Waals surface area (Å²) in [4.78, 5) is 30.4. The Bertz CT molecular complexity index is 1290. The molecule has 0 spiro atoms. The van der Waals surface area contributed by atoms with E-state index in [1.807, 2.05) is 30.3 Å². The fourth-order valence-electron chi connectivity index (χ4n) is 3.56. The first-order chi connectivity index (χ1) is 15.6. The van der Waals surface area contributed by atoms with Gasteiger partial charge in [-0.1, -0.05) is 6.07 Å². The maximum Gasteiger partial charge on any atom is 0.340 e. The van der Waals surface area contributed by atoms with Gasteiger partial charge < -0.3 is 18.6 Å². The minimum atomic E-state index is -0.491. The molecule has 0 unspecified atom stereocenters. The normalized spacial score (nSPS) is 10.7. The van der Waals surface area contributed by atoms with Crippen molar-refractivity contribution in [1.82, 2.24) is 9.38 Å². The van der Waals surface area contributed by atoms with Gasteiger partial charge >= 0.3 is 5.97 Å². The van der Waals surface area contributed by atoms with Gasteiger partial charge in [-0.3, -0.25) is 9.78 Å². The number of nitrogens with zero attached hydrogens (tertiary/aromatic N) is 2. The highest BCUT2D eigenvalue weighted by Gasteiger charge is 2.23. The Labute approximate surface area is 185 Å². The third-order valence-corrected chi connectivity index (χ3v) is 5.11. The standard InChI is InChI=1S/C25H22N2O5/c1-4-32-25(29)18-15-21(24(28)17-8-9-22(30-2)23(14-17)31-3)27-12-10-16(13-20(18)27)19-7-5-6-11-26-19/h5-15H,4H2,1-3H3. The number of carbonyl (C=O) groups excluding carboxylic acids is 2. The molecule has 0 bridgehead atoms. The van der Waals surface area contributed by atoms with Crippen molar-refractivity contribution >= 4 is 17.3 Å². The van der Waals surface area contributed by atoms with E-state index in [0.717, 1.165) is 11.3 Å². The number of fused-ring (bicyclic) bond motifs is 1. The highest BCUT2D eigenvalue weighted by molar-refractivity contribution is 6.11. The van der Waals surface area contributed by atoms with E-state index in [9.17, 15) is 9.59 Å². The third kappa shape index (κ3) is 3.80. The number of benzene rings is 1. The summed E-state index contributed by atoms with van der Waals surface area (Å²) in [5.74, 6) is 0.218. The van der Waals surface area contributed by atoms with Crippen molar-refractivity contribution in [3.8, 4) is 22.8 Å². The second kappa shape index (κ2) is 8.93. The monoisotopic (exact) mass is 430 g/mol. The Hall–Kier alpha value is -4.13.